The van der Waals surface area contributed by atoms with E-state index in [2.05, 4.69) is 21.4 Å². The van der Waals surface area contributed by atoms with Gasteiger partial charge in [-0.3, -0.25) is 0 Å². The number of urea groups is 1. The predicted molar refractivity (Wildman–Crippen MR) is 116 cm³/mol. The second kappa shape index (κ2) is 8.90. The van der Waals surface area contributed by atoms with Gasteiger partial charge in [0.15, 0.2) is 11.5 Å². The van der Waals surface area contributed by atoms with E-state index in [-0.39, 0.29) is 6.03 Å². The number of hydrogen-bond donors (Lipinski definition) is 2. The summed E-state index contributed by atoms with van der Waals surface area (Å²) < 4.78 is 12.8. The van der Waals surface area contributed by atoms with E-state index < -0.39 is 0 Å². The molecule has 0 atom stereocenters. The number of hydrogen-bond acceptors (Lipinski definition) is 4. The summed E-state index contributed by atoms with van der Waals surface area (Å²) in [5.74, 6) is 2.40. The van der Waals surface area contributed by atoms with E-state index >= 15 is 0 Å². The Kier molecular flexibility index (Phi) is 5.88. The first-order chi connectivity index (χ1) is 14.7. The van der Waals surface area contributed by atoms with Gasteiger partial charge in [0.2, 0.25) is 0 Å². The number of aryl methyl sites for hydroxylation is 2. The molecule has 0 saturated heterocycles. The minimum absolute atomic E-state index is 0.277. The number of carbonyl (C=O) groups excluding carboxylic acids is 1. The molecule has 7 nitrogen and oxygen atoms in total. The number of nitrogens with one attached hydrogen (secondary N) is 2. The molecule has 3 aromatic rings. The zero-order valence-electron chi connectivity index (χ0n) is 17.3. The number of aromatic nitrogens is 2. The largest absolute Gasteiger partial charge is 0.493 e. The highest BCUT2D eigenvalue weighted by Crippen LogP contribution is 2.29. The maximum atomic E-state index is 12.5. The molecule has 2 heterocycles. The first kappa shape index (κ1) is 19.8. The minimum Gasteiger partial charge on any atom is -0.493 e. The van der Waals surface area contributed by atoms with Crippen molar-refractivity contribution >= 4 is 11.7 Å². The first-order valence-electron chi connectivity index (χ1n) is 10.1. The van der Waals surface area contributed by atoms with Gasteiger partial charge in [0.05, 0.1) is 25.6 Å². The van der Waals surface area contributed by atoms with Crippen LogP contribution < -0.4 is 20.1 Å². The SMILES string of the molecule is COc1ccc(CNC(=O)Nc2ccccc2-c2cn3c(n2)CCCC3)cc1OC. The quantitative estimate of drug-likeness (QED) is 0.642. The summed E-state index contributed by atoms with van der Waals surface area (Å²) in [6, 6.07) is 13.0. The molecule has 7 heteroatoms. The second-order valence-corrected chi connectivity index (χ2v) is 7.24. The molecule has 0 radical (unpaired) electrons. The molecule has 0 fully saturated rings. The number of rotatable bonds is 6. The Labute approximate surface area is 176 Å². The number of para-hydroxylation sites is 1. The number of ether oxygens (including phenoxy) is 2. The third-order valence-corrected chi connectivity index (χ3v) is 5.26. The van der Waals surface area contributed by atoms with Crippen LogP contribution in [-0.2, 0) is 19.5 Å². The van der Waals surface area contributed by atoms with E-state index in [1.807, 2.05) is 42.5 Å². The van der Waals surface area contributed by atoms with Crippen molar-refractivity contribution in [3.63, 3.8) is 0 Å². The number of methoxy groups -OCH3 is 2. The average molecular weight is 406 g/mol. The molecular formula is C23H26N4O3. The van der Waals surface area contributed by atoms with Crippen LogP contribution in [0.1, 0.15) is 24.2 Å². The van der Waals surface area contributed by atoms with Crippen LogP contribution in [0.2, 0.25) is 0 Å². The summed E-state index contributed by atoms with van der Waals surface area (Å²) in [4.78, 5) is 17.3. The van der Waals surface area contributed by atoms with E-state index in [9.17, 15) is 4.79 Å². The molecule has 0 spiro atoms. The Morgan fingerprint density at radius 1 is 1.10 bits per heavy atom. The van der Waals surface area contributed by atoms with Crippen LogP contribution in [0.25, 0.3) is 11.3 Å². The molecule has 0 saturated carbocycles. The lowest BCUT2D eigenvalue weighted by Crippen LogP contribution is -2.28. The fourth-order valence-electron chi connectivity index (χ4n) is 3.70. The second-order valence-electron chi connectivity index (χ2n) is 7.24. The topological polar surface area (TPSA) is 77.4 Å². The van der Waals surface area contributed by atoms with Crippen LogP contribution in [-0.4, -0.2) is 29.8 Å². The zero-order chi connectivity index (χ0) is 20.9. The molecule has 2 aromatic carbocycles. The van der Waals surface area contributed by atoms with Gasteiger partial charge in [0, 0.05) is 31.3 Å². The number of amides is 2. The highest BCUT2D eigenvalue weighted by molar-refractivity contribution is 5.93. The Hall–Kier alpha value is -3.48. The fraction of sp³-hybridized carbons (Fsp3) is 0.304. The predicted octanol–water partition coefficient (Wildman–Crippen LogP) is 4.23. The normalized spacial score (nSPS) is 12.7. The van der Waals surface area contributed by atoms with Crippen LogP contribution in [0.15, 0.2) is 48.7 Å². The third kappa shape index (κ3) is 4.25. The van der Waals surface area contributed by atoms with Crippen molar-refractivity contribution in [3.8, 4) is 22.8 Å². The Morgan fingerprint density at radius 2 is 1.93 bits per heavy atom. The molecule has 30 heavy (non-hydrogen) atoms. The van der Waals surface area contributed by atoms with Gasteiger partial charge in [-0.25, -0.2) is 9.78 Å². The lowest BCUT2D eigenvalue weighted by Gasteiger charge is -2.12. The minimum atomic E-state index is -0.277. The van der Waals surface area contributed by atoms with Crippen LogP contribution >= 0.6 is 0 Å². The molecule has 4 rings (SSSR count). The molecule has 1 aliphatic rings. The highest BCUT2D eigenvalue weighted by atomic mass is 16.5. The van der Waals surface area contributed by atoms with Crippen molar-refractivity contribution in [3.05, 3.63) is 60.0 Å². The zero-order valence-corrected chi connectivity index (χ0v) is 17.3. The highest BCUT2D eigenvalue weighted by Gasteiger charge is 2.16. The number of carbonyl (C=O) groups is 1. The van der Waals surface area contributed by atoms with Crippen LogP contribution in [0, 0.1) is 0 Å². The number of fused-ring (bicyclic) bond motifs is 1. The summed E-state index contributed by atoms with van der Waals surface area (Å²) >= 11 is 0. The van der Waals surface area contributed by atoms with Gasteiger partial charge in [-0.15, -0.1) is 0 Å². The number of nitrogens with zero attached hydrogens (tertiary/aromatic N) is 2. The Balaban J connectivity index is 1.45. The number of benzene rings is 2. The summed E-state index contributed by atoms with van der Waals surface area (Å²) in [7, 11) is 3.18. The van der Waals surface area contributed by atoms with E-state index in [1.54, 1.807) is 14.2 Å². The van der Waals surface area contributed by atoms with Crippen molar-refractivity contribution in [1.82, 2.24) is 14.9 Å². The van der Waals surface area contributed by atoms with Crippen molar-refractivity contribution in [2.45, 2.75) is 32.4 Å². The smallest absolute Gasteiger partial charge is 0.319 e. The molecular weight excluding hydrogens is 380 g/mol. The first-order valence-corrected chi connectivity index (χ1v) is 10.1. The lowest BCUT2D eigenvalue weighted by atomic mass is 10.1. The van der Waals surface area contributed by atoms with Crippen LogP contribution in [0.5, 0.6) is 11.5 Å². The van der Waals surface area contributed by atoms with Crippen molar-refractivity contribution in [2.75, 3.05) is 19.5 Å². The summed E-state index contributed by atoms with van der Waals surface area (Å²) in [6.45, 7) is 1.37. The standard InChI is InChI=1S/C23H26N4O3/c1-29-20-11-10-16(13-21(20)30-2)14-24-23(28)26-18-8-4-3-7-17(18)19-15-27-12-6-5-9-22(27)25-19/h3-4,7-8,10-11,13,15H,5-6,9,12,14H2,1-2H3,(H2,24,26,28). The van der Waals surface area contributed by atoms with Gasteiger partial charge in [-0.05, 0) is 36.6 Å². The van der Waals surface area contributed by atoms with Crippen molar-refractivity contribution < 1.29 is 14.3 Å². The van der Waals surface area contributed by atoms with E-state index in [0.29, 0.717) is 18.0 Å². The van der Waals surface area contributed by atoms with Gasteiger partial charge >= 0.3 is 6.03 Å². The van der Waals surface area contributed by atoms with Crippen molar-refractivity contribution in [1.29, 1.82) is 0 Å². The van der Waals surface area contributed by atoms with Gasteiger partial charge in [0.1, 0.15) is 5.82 Å². The van der Waals surface area contributed by atoms with Gasteiger partial charge in [-0.2, -0.15) is 0 Å². The lowest BCUT2D eigenvalue weighted by molar-refractivity contribution is 0.251. The molecule has 1 aliphatic heterocycles. The van der Waals surface area contributed by atoms with Crippen LogP contribution in [0.3, 0.4) is 0 Å². The summed E-state index contributed by atoms with van der Waals surface area (Å²) in [5.41, 5.74) is 3.46. The maximum absolute atomic E-state index is 12.5. The van der Waals surface area contributed by atoms with Gasteiger partial charge in [-0.1, -0.05) is 24.3 Å². The third-order valence-electron chi connectivity index (χ3n) is 5.26. The maximum Gasteiger partial charge on any atom is 0.319 e. The molecule has 156 valence electrons. The monoisotopic (exact) mass is 406 g/mol. The molecule has 0 bridgehead atoms. The van der Waals surface area contributed by atoms with Gasteiger partial charge < -0.3 is 24.7 Å². The van der Waals surface area contributed by atoms with Gasteiger partial charge in [0.25, 0.3) is 0 Å². The molecule has 2 N–H and O–H groups in total. The number of imidazole rings is 1. The van der Waals surface area contributed by atoms with E-state index in [0.717, 1.165) is 41.3 Å². The van der Waals surface area contributed by atoms with Crippen LogP contribution in [0.4, 0.5) is 10.5 Å². The molecule has 1 aromatic heterocycles. The summed E-state index contributed by atoms with van der Waals surface area (Å²) in [6.07, 6.45) is 5.44. The van der Waals surface area contributed by atoms with Crippen molar-refractivity contribution in [2.24, 2.45) is 0 Å². The summed E-state index contributed by atoms with van der Waals surface area (Å²) in [5, 5.41) is 5.85. The molecule has 0 aliphatic carbocycles. The Bertz CT molecular complexity index is 1020. The fourth-order valence-corrected chi connectivity index (χ4v) is 3.70. The van der Waals surface area contributed by atoms with E-state index in [1.165, 1.54) is 12.8 Å². The molecule has 0 unspecified atom stereocenters. The van der Waals surface area contributed by atoms with E-state index in [4.69, 9.17) is 14.5 Å². The Morgan fingerprint density at radius 3 is 2.73 bits per heavy atom. The number of anilines is 1. The average Bonchev–Trinajstić information content (AvgIpc) is 3.22. The molecule has 2 amide bonds.